The second-order valence-electron chi connectivity index (χ2n) is 7.18. The van der Waals surface area contributed by atoms with Gasteiger partial charge in [0.25, 0.3) is 0 Å². The summed E-state index contributed by atoms with van der Waals surface area (Å²) in [6, 6.07) is 10.6. The first kappa shape index (κ1) is 21.2. The van der Waals surface area contributed by atoms with Crippen LogP contribution in [-0.2, 0) is 19.6 Å². The van der Waals surface area contributed by atoms with Crippen molar-refractivity contribution in [2.75, 3.05) is 31.6 Å². The van der Waals surface area contributed by atoms with Crippen LogP contribution < -0.4 is 5.32 Å². The molecular formula is C22H26N2O4S. The number of anilines is 1. The highest BCUT2D eigenvalue weighted by Gasteiger charge is 2.25. The van der Waals surface area contributed by atoms with Crippen LogP contribution in [0, 0.1) is 20.8 Å². The molecule has 1 amide bonds. The monoisotopic (exact) mass is 414 g/mol. The summed E-state index contributed by atoms with van der Waals surface area (Å²) in [7, 11) is -3.51. The van der Waals surface area contributed by atoms with Crippen molar-refractivity contribution >= 4 is 27.7 Å². The fourth-order valence-corrected chi connectivity index (χ4v) is 4.81. The van der Waals surface area contributed by atoms with E-state index in [-0.39, 0.29) is 10.8 Å². The summed E-state index contributed by atoms with van der Waals surface area (Å²) in [6.45, 7) is 7.50. The zero-order valence-electron chi connectivity index (χ0n) is 16.9. The van der Waals surface area contributed by atoms with E-state index in [1.165, 1.54) is 10.4 Å². The number of benzene rings is 2. The molecule has 154 valence electrons. The van der Waals surface area contributed by atoms with E-state index in [0.29, 0.717) is 26.3 Å². The molecule has 0 aromatic heterocycles. The van der Waals surface area contributed by atoms with Crippen LogP contribution in [0.5, 0.6) is 0 Å². The lowest BCUT2D eigenvalue weighted by Crippen LogP contribution is -2.40. The minimum absolute atomic E-state index is 0.231. The molecule has 1 heterocycles. The standard InChI is InChI=1S/C22H26N2O4S/c1-16-14-17(2)22(18(3)15-16)23-21(25)9-6-19-4-7-20(8-5-19)29(26,27)24-10-12-28-13-11-24/h4-9,14-15H,10-13H2,1-3H3,(H,23,25)/b9-6+. The van der Waals surface area contributed by atoms with Gasteiger partial charge in [-0.3, -0.25) is 4.79 Å². The average molecular weight is 415 g/mol. The number of amides is 1. The summed E-state index contributed by atoms with van der Waals surface area (Å²) in [5.41, 5.74) is 4.75. The maximum atomic E-state index is 12.6. The van der Waals surface area contributed by atoms with Crippen LogP contribution in [-0.4, -0.2) is 44.9 Å². The number of hydrogen-bond acceptors (Lipinski definition) is 4. The number of hydrogen-bond donors (Lipinski definition) is 1. The Hall–Kier alpha value is -2.48. The van der Waals surface area contributed by atoms with Gasteiger partial charge in [0.1, 0.15) is 0 Å². The third-order valence-corrected chi connectivity index (χ3v) is 6.75. The molecule has 3 rings (SSSR count). The quantitative estimate of drug-likeness (QED) is 0.762. The van der Waals surface area contributed by atoms with E-state index in [1.807, 2.05) is 32.9 Å². The van der Waals surface area contributed by atoms with Gasteiger partial charge in [0.15, 0.2) is 0 Å². The smallest absolute Gasteiger partial charge is 0.248 e. The van der Waals surface area contributed by atoms with E-state index in [0.717, 1.165) is 27.9 Å². The molecular weight excluding hydrogens is 388 g/mol. The number of ether oxygens (including phenoxy) is 1. The molecule has 7 heteroatoms. The van der Waals surface area contributed by atoms with Crippen molar-refractivity contribution in [2.24, 2.45) is 0 Å². The number of morpholine rings is 1. The summed E-state index contributed by atoms with van der Waals surface area (Å²) in [4.78, 5) is 12.5. The Balaban J connectivity index is 1.68. The second-order valence-corrected chi connectivity index (χ2v) is 9.12. The van der Waals surface area contributed by atoms with Gasteiger partial charge in [-0.15, -0.1) is 0 Å². The highest BCUT2D eigenvalue weighted by atomic mass is 32.2. The Labute approximate surface area is 172 Å². The minimum atomic E-state index is -3.51. The van der Waals surface area contributed by atoms with Crippen molar-refractivity contribution in [1.29, 1.82) is 0 Å². The van der Waals surface area contributed by atoms with Crippen molar-refractivity contribution in [3.8, 4) is 0 Å². The van der Waals surface area contributed by atoms with E-state index in [4.69, 9.17) is 4.74 Å². The summed E-state index contributed by atoms with van der Waals surface area (Å²) in [6.07, 6.45) is 3.11. The van der Waals surface area contributed by atoms with E-state index < -0.39 is 10.0 Å². The van der Waals surface area contributed by atoms with Crippen LogP contribution in [0.15, 0.2) is 47.4 Å². The van der Waals surface area contributed by atoms with Gasteiger partial charge in [0, 0.05) is 24.9 Å². The van der Waals surface area contributed by atoms with Crippen LogP contribution in [0.25, 0.3) is 6.08 Å². The third kappa shape index (κ3) is 5.12. The maximum Gasteiger partial charge on any atom is 0.248 e. The SMILES string of the molecule is Cc1cc(C)c(NC(=O)/C=C/c2ccc(S(=O)(=O)N3CCOCC3)cc2)c(C)c1. The van der Waals surface area contributed by atoms with Crippen LogP contribution in [0.2, 0.25) is 0 Å². The van der Waals surface area contributed by atoms with Crippen molar-refractivity contribution in [2.45, 2.75) is 25.7 Å². The average Bonchev–Trinajstić information content (AvgIpc) is 2.70. The molecule has 1 aliphatic rings. The largest absolute Gasteiger partial charge is 0.379 e. The molecule has 6 nitrogen and oxygen atoms in total. The first-order valence-corrected chi connectivity index (χ1v) is 11.0. The Morgan fingerprint density at radius 2 is 1.62 bits per heavy atom. The predicted octanol–water partition coefficient (Wildman–Crippen LogP) is 3.28. The van der Waals surface area contributed by atoms with Gasteiger partial charge in [-0.05, 0) is 55.7 Å². The van der Waals surface area contributed by atoms with Gasteiger partial charge in [-0.2, -0.15) is 4.31 Å². The van der Waals surface area contributed by atoms with E-state index in [1.54, 1.807) is 30.3 Å². The second kappa shape index (κ2) is 8.90. The lowest BCUT2D eigenvalue weighted by Gasteiger charge is -2.26. The predicted molar refractivity (Wildman–Crippen MR) is 114 cm³/mol. The van der Waals surface area contributed by atoms with Gasteiger partial charge >= 0.3 is 0 Å². The molecule has 0 radical (unpaired) electrons. The van der Waals surface area contributed by atoms with Gasteiger partial charge in [0.2, 0.25) is 15.9 Å². The van der Waals surface area contributed by atoms with E-state index >= 15 is 0 Å². The highest BCUT2D eigenvalue weighted by molar-refractivity contribution is 7.89. The first-order valence-electron chi connectivity index (χ1n) is 9.52. The molecule has 0 bridgehead atoms. The third-order valence-electron chi connectivity index (χ3n) is 4.84. The molecule has 1 aliphatic heterocycles. The molecule has 2 aromatic rings. The van der Waals surface area contributed by atoms with Gasteiger partial charge < -0.3 is 10.1 Å². The van der Waals surface area contributed by atoms with Crippen molar-refractivity contribution in [3.63, 3.8) is 0 Å². The molecule has 0 aliphatic carbocycles. The lowest BCUT2D eigenvalue weighted by molar-refractivity contribution is -0.111. The van der Waals surface area contributed by atoms with Crippen LogP contribution >= 0.6 is 0 Å². The summed E-state index contributed by atoms with van der Waals surface area (Å²) < 4.78 is 31.9. The fourth-order valence-electron chi connectivity index (χ4n) is 3.40. The number of nitrogens with zero attached hydrogens (tertiary/aromatic N) is 1. The van der Waals surface area contributed by atoms with Crippen LogP contribution in [0.3, 0.4) is 0 Å². The molecule has 0 saturated carbocycles. The Bertz CT molecular complexity index is 998. The first-order chi connectivity index (χ1) is 13.8. The summed E-state index contributed by atoms with van der Waals surface area (Å²) in [5.74, 6) is -0.231. The van der Waals surface area contributed by atoms with Crippen LogP contribution in [0.1, 0.15) is 22.3 Å². The molecule has 1 saturated heterocycles. The van der Waals surface area contributed by atoms with E-state index in [2.05, 4.69) is 5.32 Å². The molecule has 0 unspecified atom stereocenters. The number of nitrogens with one attached hydrogen (secondary N) is 1. The number of carbonyl (C=O) groups is 1. The molecule has 0 spiro atoms. The van der Waals surface area contributed by atoms with Gasteiger partial charge in [-0.1, -0.05) is 29.8 Å². The Kier molecular flexibility index (Phi) is 6.52. The number of aryl methyl sites for hydroxylation is 3. The number of carbonyl (C=O) groups excluding carboxylic acids is 1. The van der Waals surface area contributed by atoms with Gasteiger partial charge in [-0.25, -0.2) is 8.42 Å². The fraction of sp³-hybridized carbons (Fsp3) is 0.318. The molecule has 0 atom stereocenters. The zero-order valence-corrected chi connectivity index (χ0v) is 17.8. The van der Waals surface area contributed by atoms with Crippen LogP contribution in [0.4, 0.5) is 5.69 Å². The molecule has 2 aromatic carbocycles. The minimum Gasteiger partial charge on any atom is -0.379 e. The zero-order chi connectivity index (χ0) is 21.0. The normalized spacial score (nSPS) is 15.6. The Morgan fingerprint density at radius 1 is 1.03 bits per heavy atom. The van der Waals surface area contributed by atoms with Crippen molar-refractivity contribution in [3.05, 3.63) is 64.7 Å². The summed E-state index contributed by atoms with van der Waals surface area (Å²) in [5, 5.41) is 2.91. The maximum absolute atomic E-state index is 12.6. The number of sulfonamides is 1. The van der Waals surface area contributed by atoms with E-state index in [9.17, 15) is 13.2 Å². The molecule has 1 fully saturated rings. The topological polar surface area (TPSA) is 75.7 Å². The molecule has 1 N–H and O–H groups in total. The lowest BCUT2D eigenvalue weighted by atomic mass is 10.1. The summed E-state index contributed by atoms with van der Waals surface area (Å²) >= 11 is 0. The molecule has 29 heavy (non-hydrogen) atoms. The highest BCUT2D eigenvalue weighted by Crippen LogP contribution is 2.22. The number of rotatable bonds is 5. The van der Waals surface area contributed by atoms with Gasteiger partial charge in [0.05, 0.1) is 18.1 Å². The van der Waals surface area contributed by atoms with Crippen molar-refractivity contribution < 1.29 is 17.9 Å². The van der Waals surface area contributed by atoms with Crippen molar-refractivity contribution in [1.82, 2.24) is 4.31 Å². The Morgan fingerprint density at radius 3 is 2.21 bits per heavy atom.